The second-order valence-electron chi connectivity index (χ2n) is 4.02. The first-order chi connectivity index (χ1) is 6.89. The summed E-state index contributed by atoms with van der Waals surface area (Å²) in [7, 11) is 0. The smallest absolute Gasteiger partial charge is 0.408 e. The highest BCUT2D eigenvalue weighted by molar-refractivity contribution is 5.68. The van der Waals surface area contributed by atoms with E-state index in [1.807, 2.05) is 12.1 Å². The zero-order valence-electron chi connectivity index (χ0n) is 9.20. The number of nitriles is 2. The van der Waals surface area contributed by atoms with E-state index >= 15 is 0 Å². The molecule has 0 heterocycles. The first-order valence-corrected chi connectivity index (χ1v) is 4.65. The van der Waals surface area contributed by atoms with E-state index in [1.165, 1.54) is 0 Å². The van der Waals surface area contributed by atoms with Crippen molar-refractivity contribution in [1.82, 2.24) is 5.32 Å². The maximum atomic E-state index is 11.2. The fraction of sp³-hybridized carbons (Fsp3) is 0.700. The highest BCUT2D eigenvalue weighted by atomic mass is 16.6. The molecule has 0 aromatic carbocycles. The van der Waals surface area contributed by atoms with Gasteiger partial charge in [-0.15, -0.1) is 0 Å². The molecule has 0 aromatic heterocycles. The molecule has 1 N–H and O–H groups in total. The van der Waals surface area contributed by atoms with Gasteiger partial charge >= 0.3 is 6.09 Å². The summed E-state index contributed by atoms with van der Waals surface area (Å²) in [6.07, 6.45) is -0.0905. The monoisotopic (exact) mass is 209 g/mol. The van der Waals surface area contributed by atoms with Crippen molar-refractivity contribution in [3.8, 4) is 12.1 Å². The van der Waals surface area contributed by atoms with Crippen LogP contribution in [0.1, 0.15) is 33.6 Å². The first-order valence-electron chi connectivity index (χ1n) is 4.65. The number of carbonyl (C=O) groups excluding carboxylic acids is 1. The summed E-state index contributed by atoms with van der Waals surface area (Å²) in [5.41, 5.74) is -0.584. The summed E-state index contributed by atoms with van der Waals surface area (Å²) in [4.78, 5) is 11.2. The highest BCUT2D eigenvalue weighted by Crippen LogP contribution is 2.07. The fourth-order valence-electron chi connectivity index (χ4n) is 0.828. The number of hydrogen-bond donors (Lipinski definition) is 1. The van der Waals surface area contributed by atoms with Gasteiger partial charge in [0, 0.05) is 6.42 Å². The van der Waals surface area contributed by atoms with E-state index in [4.69, 9.17) is 15.3 Å². The average molecular weight is 209 g/mol. The topological polar surface area (TPSA) is 85.9 Å². The SMILES string of the molecule is CC(C)(C)OC(=O)N[C@H](C#N)CCC#N. The van der Waals surface area contributed by atoms with E-state index in [0.717, 1.165) is 0 Å². The Labute approximate surface area is 89.6 Å². The Kier molecular flexibility index (Phi) is 5.19. The van der Waals surface area contributed by atoms with Crippen molar-refractivity contribution >= 4 is 6.09 Å². The summed E-state index contributed by atoms with van der Waals surface area (Å²) in [6, 6.07) is 3.13. The van der Waals surface area contributed by atoms with Crippen molar-refractivity contribution in [2.24, 2.45) is 0 Å². The van der Waals surface area contributed by atoms with Crippen LogP contribution in [0.25, 0.3) is 0 Å². The number of hydrogen-bond acceptors (Lipinski definition) is 4. The molecule has 0 unspecified atom stereocenters. The molecule has 0 aliphatic carbocycles. The van der Waals surface area contributed by atoms with E-state index in [1.54, 1.807) is 20.8 Å². The lowest BCUT2D eigenvalue weighted by atomic mass is 10.2. The van der Waals surface area contributed by atoms with E-state index < -0.39 is 17.7 Å². The van der Waals surface area contributed by atoms with Gasteiger partial charge in [0.15, 0.2) is 0 Å². The summed E-state index contributed by atoms with van der Waals surface area (Å²) in [5.74, 6) is 0. The van der Waals surface area contributed by atoms with Crippen LogP contribution in [-0.4, -0.2) is 17.7 Å². The van der Waals surface area contributed by atoms with Gasteiger partial charge < -0.3 is 10.1 Å². The van der Waals surface area contributed by atoms with E-state index in [-0.39, 0.29) is 6.42 Å². The van der Waals surface area contributed by atoms with Crippen LogP contribution < -0.4 is 5.32 Å². The van der Waals surface area contributed by atoms with Crippen molar-refractivity contribution in [1.29, 1.82) is 10.5 Å². The number of amides is 1. The molecule has 1 amide bonds. The van der Waals surface area contributed by atoms with Gasteiger partial charge in [-0.2, -0.15) is 10.5 Å². The summed E-state index contributed by atoms with van der Waals surface area (Å²) < 4.78 is 4.97. The Morgan fingerprint density at radius 2 is 2.07 bits per heavy atom. The number of nitrogens with zero attached hydrogens (tertiary/aromatic N) is 2. The van der Waals surface area contributed by atoms with E-state index in [2.05, 4.69) is 5.32 Å². The van der Waals surface area contributed by atoms with E-state index in [9.17, 15) is 4.79 Å². The predicted octanol–water partition coefficient (Wildman–Crippen LogP) is 1.71. The molecule has 0 spiro atoms. The average Bonchev–Trinajstić information content (AvgIpc) is 2.09. The van der Waals surface area contributed by atoms with Crippen LogP contribution in [0.2, 0.25) is 0 Å². The van der Waals surface area contributed by atoms with Gasteiger partial charge in [0.1, 0.15) is 11.6 Å². The Bertz CT molecular complexity index is 293. The first kappa shape index (κ1) is 13.2. The predicted molar refractivity (Wildman–Crippen MR) is 53.6 cm³/mol. The van der Waals surface area contributed by atoms with Gasteiger partial charge in [-0.1, -0.05) is 0 Å². The summed E-state index contributed by atoms with van der Waals surface area (Å²) >= 11 is 0. The van der Waals surface area contributed by atoms with Crippen LogP contribution in [0.3, 0.4) is 0 Å². The minimum absolute atomic E-state index is 0.230. The minimum Gasteiger partial charge on any atom is -0.444 e. The maximum absolute atomic E-state index is 11.2. The third kappa shape index (κ3) is 7.33. The highest BCUT2D eigenvalue weighted by Gasteiger charge is 2.18. The molecule has 5 nitrogen and oxygen atoms in total. The summed E-state index contributed by atoms with van der Waals surface area (Å²) in [6.45, 7) is 5.22. The van der Waals surface area contributed by atoms with Crippen molar-refractivity contribution < 1.29 is 9.53 Å². The molecule has 0 saturated heterocycles. The van der Waals surface area contributed by atoms with Crippen molar-refractivity contribution in [2.45, 2.75) is 45.3 Å². The molecule has 15 heavy (non-hydrogen) atoms. The molecule has 0 aliphatic heterocycles. The molecule has 0 bridgehead atoms. The van der Waals surface area contributed by atoms with Crippen molar-refractivity contribution in [3.05, 3.63) is 0 Å². The fourth-order valence-corrected chi connectivity index (χ4v) is 0.828. The second-order valence-corrected chi connectivity index (χ2v) is 4.02. The molecular formula is C10H15N3O2. The standard InChI is InChI=1S/C10H15N3O2/c1-10(2,3)15-9(14)13-8(7-12)5-4-6-11/h8H,4-5H2,1-3H3,(H,13,14)/t8-/m0/s1. The molecular weight excluding hydrogens is 194 g/mol. The quantitative estimate of drug-likeness (QED) is 0.766. The molecule has 0 radical (unpaired) electrons. The number of alkyl carbamates (subject to hydrolysis) is 1. The minimum atomic E-state index is -0.667. The molecule has 82 valence electrons. The molecule has 0 saturated carbocycles. The van der Waals surface area contributed by atoms with Gasteiger partial charge in [0.05, 0.1) is 12.1 Å². The lowest BCUT2D eigenvalue weighted by Gasteiger charge is -2.20. The van der Waals surface area contributed by atoms with Gasteiger partial charge in [0.2, 0.25) is 0 Å². The maximum Gasteiger partial charge on any atom is 0.408 e. The molecule has 1 atom stereocenters. The van der Waals surface area contributed by atoms with E-state index in [0.29, 0.717) is 6.42 Å². The zero-order valence-corrected chi connectivity index (χ0v) is 9.20. The Balaban J connectivity index is 4.05. The number of carbonyl (C=O) groups is 1. The van der Waals surface area contributed by atoms with Crippen LogP contribution in [0, 0.1) is 22.7 Å². The normalized spacial score (nSPS) is 12.1. The molecule has 0 fully saturated rings. The molecule has 0 rings (SSSR count). The molecule has 5 heteroatoms. The molecule has 0 aliphatic rings. The van der Waals surface area contributed by atoms with Gasteiger partial charge in [-0.25, -0.2) is 4.79 Å². The number of nitrogens with one attached hydrogen (secondary N) is 1. The zero-order chi connectivity index (χ0) is 11.9. The van der Waals surface area contributed by atoms with Gasteiger partial charge in [-0.05, 0) is 27.2 Å². The second kappa shape index (κ2) is 5.87. The van der Waals surface area contributed by atoms with Crippen LogP contribution in [0.15, 0.2) is 0 Å². The van der Waals surface area contributed by atoms with Crippen LogP contribution in [-0.2, 0) is 4.74 Å². The Morgan fingerprint density at radius 3 is 2.47 bits per heavy atom. The molecule has 0 aromatic rings. The lowest BCUT2D eigenvalue weighted by molar-refractivity contribution is 0.0514. The number of ether oxygens (including phenoxy) is 1. The van der Waals surface area contributed by atoms with Gasteiger partial charge in [0.25, 0.3) is 0 Å². The third-order valence-corrected chi connectivity index (χ3v) is 1.39. The Morgan fingerprint density at radius 1 is 1.47 bits per heavy atom. The largest absolute Gasteiger partial charge is 0.444 e. The van der Waals surface area contributed by atoms with Gasteiger partial charge in [-0.3, -0.25) is 0 Å². The Hall–Kier alpha value is -1.75. The van der Waals surface area contributed by atoms with Crippen LogP contribution in [0.5, 0.6) is 0 Å². The summed E-state index contributed by atoms with van der Waals surface area (Å²) in [5, 5.41) is 19.4. The third-order valence-electron chi connectivity index (χ3n) is 1.39. The lowest BCUT2D eigenvalue weighted by Crippen LogP contribution is -2.38. The number of rotatable bonds is 3. The van der Waals surface area contributed by atoms with Crippen LogP contribution >= 0.6 is 0 Å². The van der Waals surface area contributed by atoms with Crippen molar-refractivity contribution in [2.75, 3.05) is 0 Å². The van der Waals surface area contributed by atoms with Crippen molar-refractivity contribution in [3.63, 3.8) is 0 Å². The van der Waals surface area contributed by atoms with Crippen LogP contribution in [0.4, 0.5) is 4.79 Å².